The molecule has 3 aromatic rings. The van der Waals surface area contributed by atoms with E-state index in [0.717, 1.165) is 5.56 Å². The number of amides is 1. The van der Waals surface area contributed by atoms with Gasteiger partial charge in [-0.2, -0.15) is 0 Å². The van der Waals surface area contributed by atoms with E-state index in [1.54, 1.807) is 48.0 Å². The number of hydrogen-bond donors (Lipinski definition) is 0. The maximum absolute atomic E-state index is 13.8. The molecule has 0 saturated heterocycles. The molecule has 0 bridgehead atoms. The van der Waals surface area contributed by atoms with Crippen LogP contribution in [0.2, 0.25) is 5.02 Å². The van der Waals surface area contributed by atoms with E-state index in [2.05, 4.69) is 0 Å². The van der Waals surface area contributed by atoms with Crippen molar-refractivity contribution >= 4 is 34.9 Å². The number of benzene rings is 2. The normalized spacial score (nSPS) is 15.4. The van der Waals surface area contributed by atoms with Crippen molar-refractivity contribution in [2.45, 2.75) is 26.8 Å². The van der Waals surface area contributed by atoms with Gasteiger partial charge in [0, 0.05) is 23.7 Å². The molecule has 0 spiro atoms. The van der Waals surface area contributed by atoms with Gasteiger partial charge in [0.05, 0.1) is 30.0 Å². The highest BCUT2D eigenvalue weighted by atomic mass is 35.5. The summed E-state index contributed by atoms with van der Waals surface area (Å²) in [6, 6.07) is 11.9. The number of nitrogens with zero attached hydrogens (tertiary/aromatic N) is 3. The van der Waals surface area contributed by atoms with Crippen LogP contribution >= 0.6 is 22.9 Å². The van der Waals surface area contributed by atoms with Crippen LogP contribution in [0.25, 0.3) is 6.08 Å². The Kier molecular flexibility index (Phi) is 7.66. The summed E-state index contributed by atoms with van der Waals surface area (Å²) in [4.78, 5) is 34.6. The number of methoxy groups -OCH3 is 2. The Morgan fingerprint density at radius 3 is 2.44 bits per heavy atom. The lowest BCUT2D eigenvalue weighted by molar-refractivity contribution is -0.127. The SMILES string of the molecule is CCN(CC)C(=O)C1=C(C)N=c2s/c(=C/c3ccc(Cl)cc3)c(=O)n2[C@@H]1c1cc(OC)ccc1OC. The zero-order valence-corrected chi connectivity index (χ0v) is 22.4. The van der Waals surface area contributed by atoms with Gasteiger partial charge >= 0.3 is 0 Å². The van der Waals surface area contributed by atoms with Crippen molar-refractivity contribution in [3.05, 3.63) is 89.6 Å². The van der Waals surface area contributed by atoms with E-state index in [1.165, 1.54) is 11.3 Å². The smallest absolute Gasteiger partial charge is 0.271 e. The second-order valence-corrected chi connectivity index (χ2v) is 9.66. The summed E-state index contributed by atoms with van der Waals surface area (Å²) < 4.78 is 13.3. The predicted molar refractivity (Wildman–Crippen MR) is 143 cm³/mol. The Hall–Kier alpha value is -3.36. The number of likely N-dealkylation sites (N-methyl/N-ethyl adjacent to an activating group) is 1. The van der Waals surface area contributed by atoms with Crippen LogP contribution in [0.1, 0.15) is 37.9 Å². The first kappa shape index (κ1) is 25.7. The predicted octanol–water partition coefficient (Wildman–Crippen LogP) is 3.77. The Morgan fingerprint density at radius 2 is 1.83 bits per heavy atom. The first-order chi connectivity index (χ1) is 17.3. The molecule has 7 nitrogen and oxygen atoms in total. The first-order valence-electron chi connectivity index (χ1n) is 11.6. The fourth-order valence-electron chi connectivity index (χ4n) is 4.33. The molecule has 0 saturated carbocycles. The summed E-state index contributed by atoms with van der Waals surface area (Å²) in [6.45, 7) is 6.75. The second-order valence-electron chi connectivity index (χ2n) is 8.22. The molecule has 0 aliphatic carbocycles. The molecule has 0 N–H and O–H groups in total. The van der Waals surface area contributed by atoms with Gasteiger partial charge in [0.15, 0.2) is 4.80 Å². The maximum Gasteiger partial charge on any atom is 0.271 e. The van der Waals surface area contributed by atoms with E-state index in [4.69, 9.17) is 26.1 Å². The molecule has 4 rings (SSSR count). The molecule has 1 atom stereocenters. The van der Waals surface area contributed by atoms with Gasteiger partial charge in [-0.3, -0.25) is 14.2 Å². The molecular weight excluding hydrogens is 498 g/mol. The van der Waals surface area contributed by atoms with Crippen molar-refractivity contribution in [3.8, 4) is 11.5 Å². The molecule has 1 aromatic heterocycles. The number of carbonyl (C=O) groups is 1. The highest BCUT2D eigenvalue weighted by molar-refractivity contribution is 7.07. The number of rotatable bonds is 7. The molecule has 1 aliphatic heterocycles. The first-order valence-corrected chi connectivity index (χ1v) is 12.8. The number of carbonyl (C=O) groups excluding carboxylic acids is 1. The van der Waals surface area contributed by atoms with Crippen molar-refractivity contribution in [3.63, 3.8) is 0 Å². The summed E-state index contributed by atoms with van der Waals surface area (Å²) in [7, 11) is 3.14. The maximum atomic E-state index is 13.8. The molecule has 36 heavy (non-hydrogen) atoms. The van der Waals surface area contributed by atoms with Gasteiger partial charge in [0.2, 0.25) is 0 Å². The lowest BCUT2D eigenvalue weighted by Crippen LogP contribution is -2.43. The molecule has 2 heterocycles. The molecule has 188 valence electrons. The number of halogens is 1. The van der Waals surface area contributed by atoms with Gasteiger partial charge in [-0.1, -0.05) is 35.1 Å². The third-order valence-corrected chi connectivity index (χ3v) is 7.44. The minimum absolute atomic E-state index is 0.164. The average molecular weight is 526 g/mol. The van der Waals surface area contributed by atoms with E-state index in [9.17, 15) is 9.59 Å². The minimum atomic E-state index is -0.730. The summed E-state index contributed by atoms with van der Waals surface area (Å²) in [5, 5.41) is 0.619. The average Bonchev–Trinajstić information content (AvgIpc) is 3.18. The number of fused-ring (bicyclic) bond motifs is 1. The van der Waals surface area contributed by atoms with Crippen LogP contribution in [0.5, 0.6) is 11.5 Å². The van der Waals surface area contributed by atoms with E-state index >= 15 is 0 Å². The van der Waals surface area contributed by atoms with Gasteiger partial charge < -0.3 is 14.4 Å². The number of aromatic nitrogens is 1. The van der Waals surface area contributed by atoms with Crippen molar-refractivity contribution in [2.24, 2.45) is 4.99 Å². The lowest BCUT2D eigenvalue weighted by atomic mass is 9.93. The van der Waals surface area contributed by atoms with Crippen LogP contribution < -0.4 is 24.4 Å². The van der Waals surface area contributed by atoms with Gasteiger partial charge in [0.25, 0.3) is 11.5 Å². The van der Waals surface area contributed by atoms with Crippen molar-refractivity contribution in [2.75, 3.05) is 27.3 Å². The van der Waals surface area contributed by atoms with E-state index in [1.807, 2.05) is 45.0 Å². The largest absolute Gasteiger partial charge is 0.497 e. The molecule has 0 unspecified atom stereocenters. The van der Waals surface area contributed by atoms with Gasteiger partial charge in [-0.15, -0.1) is 0 Å². The topological polar surface area (TPSA) is 73.1 Å². The van der Waals surface area contributed by atoms with Crippen molar-refractivity contribution in [1.29, 1.82) is 0 Å². The fourth-order valence-corrected chi connectivity index (χ4v) is 5.51. The standard InChI is InChI=1S/C27H28ClN3O4S/c1-6-30(7-2)26(33)23-16(3)29-27-31(24(23)20-15-19(34-4)12-13-21(20)35-5)25(32)22(36-27)14-17-8-10-18(28)11-9-17/h8-15,24H,6-7H2,1-5H3/b22-14+/t24-/m1/s1. The number of allylic oxidation sites excluding steroid dienone is 1. The number of ether oxygens (including phenoxy) is 2. The summed E-state index contributed by atoms with van der Waals surface area (Å²) in [5.41, 5.74) is 2.27. The van der Waals surface area contributed by atoms with Crippen molar-refractivity contribution in [1.82, 2.24) is 9.47 Å². The Bertz CT molecular complexity index is 1500. The van der Waals surface area contributed by atoms with Crippen LogP contribution in [0.3, 0.4) is 0 Å². The minimum Gasteiger partial charge on any atom is -0.497 e. The van der Waals surface area contributed by atoms with Crippen LogP contribution in [0, 0.1) is 0 Å². The molecule has 0 radical (unpaired) electrons. The quantitative estimate of drug-likeness (QED) is 0.470. The zero-order valence-electron chi connectivity index (χ0n) is 20.9. The van der Waals surface area contributed by atoms with Crippen LogP contribution in [0.15, 0.2) is 63.5 Å². The molecule has 0 fully saturated rings. The monoisotopic (exact) mass is 525 g/mol. The van der Waals surface area contributed by atoms with Crippen LogP contribution in [-0.4, -0.2) is 42.7 Å². The van der Waals surface area contributed by atoms with E-state index < -0.39 is 6.04 Å². The Labute approximate surface area is 218 Å². The number of thiazole rings is 1. The van der Waals surface area contributed by atoms with Crippen LogP contribution in [0.4, 0.5) is 0 Å². The highest BCUT2D eigenvalue weighted by Crippen LogP contribution is 2.38. The molecular formula is C27H28ClN3O4S. The van der Waals surface area contributed by atoms with Gasteiger partial charge in [-0.25, -0.2) is 4.99 Å². The Balaban J connectivity index is 2.02. The molecule has 9 heteroatoms. The third kappa shape index (κ3) is 4.70. The van der Waals surface area contributed by atoms with E-state index in [0.29, 0.717) is 55.8 Å². The highest BCUT2D eigenvalue weighted by Gasteiger charge is 2.36. The van der Waals surface area contributed by atoms with Crippen LogP contribution in [-0.2, 0) is 4.79 Å². The molecule has 2 aromatic carbocycles. The fraction of sp³-hybridized carbons (Fsp3) is 0.296. The van der Waals surface area contributed by atoms with E-state index in [-0.39, 0.29) is 11.5 Å². The lowest BCUT2D eigenvalue weighted by Gasteiger charge is -2.30. The van der Waals surface area contributed by atoms with Crippen molar-refractivity contribution < 1.29 is 14.3 Å². The summed E-state index contributed by atoms with van der Waals surface area (Å²) in [5.74, 6) is 0.981. The number of hydrogen-bond acceptors (Lipinski definition) is 6. The molecule has 1 amide bonds. The molecule has 1 aliphatic rings. The zero-order chi connectivity index (χ0) is 26.0. The van der Waals surface area contributed by atoms with Gasteiger partial charge in [-0.05, 0) is 62.7 Å². The van der Waals surface area contributed by atoms with Gasteiger partial charge in [0.1, 0.15) is 17.5 Å². The summed E-state index contributed by atoms with van der Waals surface area (Å²) in [6.07, 6.45) is 1.81. The third-order valence-electron chi connectivity index (χ3n) is 6.20. The summed E-state index contributed by atoms with van der Waals surface area (Å²) >= 11 is 7.31. The second kappa shape index (κ2) is 10.7. The Morgan fingerprint density at radius 1 is 1.14 bits per heavy atom.